The van der Waals surface area contributed by atoms with Gasteiger partial charge in [-0.2, -0.15) is 0 Å². The molecule has 26 heavy (non-hydrogen) atoms. The summed E-state index contributed by atoms with van der Waals surface area (Å²) in [5.41, 5.74) is 1.92. The van der Waals surface area contributed by atoms with Gasteiger partial charge in [0.05, 0.1) is 18.1 Å². The lowest BCUT2D eigenvalue weighted by atomic mass is 9.97. The fourth-order valence-corrected chi connectivity index (χ4v) is 4.54. The number of rotatable bonds is 7. The molecule has 2 aromatic rings. The number of sulfonamides is 1. The van der Waals surface area contributed by atoms with Gasteiger partial charge in [0, 0.05) is 6.54 Å². The van der Waals surface area contributed by atoms with Crippen molar-refractivity contribution in [1.82, 2.24) is 9.62 Å². The molecule has 1 aromatic heterocycles. The van der Waals surface area contributed by atoms with Crippen LogP contribution >= 0.6 is 0 Å². The summed E-state index contributed by atoms with van der Waals surface area (Å²) in [6, 6.07) is 11.3. The number of benzene rings is 1. The average Bonchev–Trinajstić information content (AvgIpc) is 3.13. The average molecular weight is 377 g/mol. The summed E-state index contributed by atoms with van der Waals surface area (Å²) < 4.78 is 33.5. The number of hydrogen-bond donors (Lipinski definition) is 1. The van der Waals surface area contributed by atoms with Gasteiger partial charge in [-0.15, -0.1) is 0 Å². The second kappa shape index (κ2) is 8.37. The van der Waals surface area contributed by atoms with Crippen LogP contribution in [0.5, 0.6) is 0 Å². The number of piperidine rings is 1. The van der Waals surface area contributed by atoms with E-state index in [0.717, 1.165) is 48.7 Å². The van der Waals surface area contributed by atoms with Crippen molar-refractivity contribution in [2.45, 2.75) is 38.5 Å². The van der Waals surface area contributed by atoms with Crippen molar-refractivity contribution in [3.8, 4) is 0 Å². The van der Waals surface area contributed by atoms with Crippen LogP contribution in [0.2, 0.25) is 0 Å². The molecule has 0 amide bonds. The third-order valence-electron chi connectivity index (χ3n) is 5.10. The van der Waals surface area contributed by atoms with Gasteiger partial charge in [0.2, 0.25) is 10.0 Å². The summed E-state index contributed by atoms with van der Waals surface area (Å²) in [5, 5.41) is 0. The fourth-order valence-electron chi connectivity index (χ4n) is 3.39. The lowest BCUT2D eigenvalue weighted by Crippen LogP contribution is -2.42. The molecule has 0 radical (unpaired) electrons. The lowest BCUT2D eigenvalue weighted by Gasteiger charge is -2.35. The summed E-state index contributed by atoms with van der Waals surface area (Å²) in [4.78, 5) is 2.33. The maximum Gasteiger partial charge on any atom is 0.215 e. The molecular formula is C20H28N2O3S. The molecule has 1 aliphatic heterocycles. The SMILES string of the molecule is Cc1ccc(CS(=O)(=O)NCC(c2ccco2)N2CCC(C)CC2)cc1. The van der Waals surface area contributed by atoms with Crippen LogP contribution in [0.1, 0.15) is 42.7 Å². The van der Waals surface area contributed by atoms with E-state index in [4.69, 9.17) is 4.42 Å². The Labute approximate surface area is 156 Å². The predicted molar refractivity (Wildman–Crippen MR) is 103 cm³/mol. The molecule has 5 nitrogen and oxygen atoms in total. The van der Waals surface area contributed by atoms with E-state index in [0.29, 0.717) is 6.54 Å². The normalized spacial score (nSPS) is 18.1. The monoisotopic (exact) mass is 376 g/mol. The van der Waals surface area contributed by atoms with Crippen LogP contribution in [0.3, 0.4) is 0 Å². The molecule has 2 heterocycles. The maximum atomic E-state index is 12.5. The molecule has 1 atom stereocenters. The first kappa shape index (κ1) is 19.1. The number of nitrogens with one attached hydrogen (secondary N) is 1. The minimum absolute atomic E-state index is 0.00477. The Balaban J connectivity index is 1.66. The highest BCUT2D eigenvalue weighted by molar-refractivity contribution is 7.88. The van der Waals surface area contributed by atoms with Crippen LogP contribution in [0, 0.1) is 12.8 Å². The van der Waals surface area contributed by atoms with Gasteiger partial charge >= 0.3 is 0 Å². The highest BCUT2D eigenvalue weighted by Gasteiger charge is 2.27. The van der Waals surface area contributed by atoms with E-state index < -0.39 is 10.0 Å². The summed E-state index contributed by atoms with van der Waals surface area (Å²) >= 11 is 0. The molecule has 1 unspecified atom stereocenters. The van der Waals surface area contributed by atoms with Gasteiger partial charge in [0.1, 0.15) is 5.76 Å². The molecule has 1 aromatic carbocycles. The summed E-state index contributed by atoms with van der Waals surface area (Å²) in [7, 11) is -3.40. The number of aryl methyl sites for hydroxylation is 1. The van der Waals surface area contributed by atoms with Crippen LogP contribution in [0.25, 0.3) is 0 Å². The molecule has 0 saturated carbocycles. The zero-order valence-corrected chi connectivity index (χ0v) is 16.3. The standard InChI is InChI=1S/C20H28N2O3S/c1-16-5-7-18(8-6-16)15-26(23,24)21-14-19(20-4-3-13-25-20)22-11-9-17(2)10-12-22/h3-8,13,17,19,21H,9-12,14-15H2,1-2H3. The van der Waals surface area contributed by atoms with Crippen molar-refractivity contribution in [1.29, 1.82) is 0 Å². The van der Waals surface area contributed by atoms with Gasteiger partial charge in [-0.1, -0.05) is 36.8 Å². The quantitative estimate of drug-likeness (QED) is 0.804. The van der Waals surface area contributed by atoms with E-state index in [1.807, 2.05) is 43.3 Å². The topological polar surface area (TPSA) is 62.6 Å². The highest BCUT2D eigenvalue weighted by atomic mass is 32.2. The lowest BCUT2D eigenvalue weighted by molar-refractivity contribution is 0.125. The largest absolute Gasteiger partial charge is 0.468 e. The summed E-state index contributed by atoms with van der Waals surface area (Å²) in [6.07, 6.45) is 3.91. The first-order chi connectivity index (χ1) is 12.4. The van der Waals surface area contributed by atoms with Crippen molar-refractivity contribution < 1.29 is 12.8 Å². The van der Waals surface area contributed by atoms with Gasteiger partial charge in [-0.3, -0.25) is 4.90 Å². The molecule has 6 heteroatoms. The molecule has 0 aliphatic carbocycles. The molecule has 1 aliphatic rings. The van der Waals surface area contributed by atoms with Gasteiger partial charge in [0.25, 0.3) is 0 Å². The number of hydrogen-bond acceptors (Lipinski definition) is 4. The third-order valence-corrected chi connectivity index (χ3v) is 6.42. The Morgan fingerprint density at radius 3 is 2.50 bits per heavy atom. The van der Waals surface area contributed by atoms with Crippen LogP contribution in [0.4, 0.5) is 0 Å². The minimum Gasteiger partial charge on any atom is -0.468 e. The Morgan fingerprint density at radius 2 is 1.88 bits per heavy atom. The zero-order chi connectivity index (χ0) is 18.6. The van der Waals surface area contributed by atoms with E-state index in [2.05, 4.69) is 16.5 Å². The molecule has 1 N–H and O–H groups in total. The zero-order valence-electron chi connectivity index (χ0n) is 15.5. The van der Waals surface area contributed by atoms with Crippen molar-refractivity contribution in [3.05, 3.63) is 59.5 Å². The van der Waals surface area contributed by atoms with E-state index >= 15 is 0 Å². The molecule has 3 rings (SSSR count). The van der Waals surface area contributed by atoms with E-state index in [1.54, 1.807) is 6.26 Å². The van der Waals surface area contributed by atoms with Gasteiger partial charge in [-0.25, -0.2) is 13.1 Å². The van der Waals surface area contributed by atoms with Crippen molar-refractivity contribution in [2.24, 2.45) is 5.92 Å². The Bertz CT molecular complexity index is 777. The summed E-state index contributed by atoms with van der Waals surface area (Å²) in [5.74, 6) is 1.54. The van der Waals surface area contributed by atoms with Gasteiger partial charge in [0.15, 0.2) is 0 Å². The smallest absolute Gasteiger partial charge is 0.215 e. The van der Waals surface area contributed by atoms with Gasteiger partial charge in [-0.05, 0) is 56.5 Å². The van der Waals surface area contributed by atoms with Crippen molar-refractivity contribution in [2.75, 3.05) is 19.6 Å². The summed E-state index contributed by atoms with van der Waals surface area (Å²) in [6.45, 7) is 6.52. The second-order valence-electron chi connectivity index (χ2n) is 7.34. The van der Waals surface area contributed by atoms with Gasteiger partial charge < -0.3 is 4.42 Å². The Hall–Kier alpha value is -1.63. The number of furan rings is 1. The molecule has 0 bridgehead atoms. The number of likely N-dealkylation sites (tertiary alicyclic amines) is 1. The van der Waals surface area contributed by atoms with Crippen molar-refractivity contribution >= 4 is 10.0 Å². The van der Waals surface area contributed by atoms with Crippen LogP contribution in [-0.2, 0) is 15.8 Å². The Morgan fingerprint density at radius 1 is 1.19 bits per heavy atom. The van der Waals surface area contributed by atoms with E-state index in [9.17, 15) is 8.42 Å². The van der Waals surface area contributed by atoms with Crippen LogP contribution in [-0.4, -0.2) is 33.0 Å². The first-order valence-electron chi connectivity index (χ1n) is 9.23. The first-order valence-corrected chi connectivity index (χ1v) is 10.9. The molecular weight excluding hydrogens is 348 g/mol. The molecule has 1 fully saturated rings. The fraction of sp³-hybridized carbons (Fsp3) is 0.500. The van der Waals surface area contributed by atoms with Crippen LogP contribution in [0.15, 0.2) is 47.1 Å². The molecule has 0 spiro atoms. The van der Waals surface area contributed by atoms with E-state index in [-0.39, 0.29) is 11.8 Å². The molecule has 1 saturated heterocycles. The molecule has 142 valence electrons. The third kappa shape index (κ3) is 5.19. The van der Waals surface area contributed by atoms with Crippen molar-refractivity contribution in [3.63, 3.8) is 0 Å². The Kier molecular flexibility index (Phi) is 6.16. The maximum absolute atomic E-state index is 12.5. The number of nitrogens with zero attached hydrogens (tertiary/aromatic N) is 1. The predicted octanol–water partition coefficient (Wildman–Crippen LogP) is 3.48. The minimum atomic E-state index is -3.40. The second-order valence-corrected chi connectivity index (χ2v) is 9.15. The van der Waals surface area contributed by atoms with Crippen LogP contribution < -0.4 is 4.72 Å². The highest BCUT2D eigenvalue weighted by Crippen LogP contribution is 2.27. The van der Waals surface area contributed by atoms with E-state index in [1.165, 1.54) is 0 Å².